The molecule has 19 heavy (non-hydrogen) atoms. The summed E-state index contributed by atoms with van der Waals surface area (Å²) in [5.41, 5.74) is -0.0953. The number of hydrogen-bond acceptors (Lipinski definition) is 2. The van der Waals surface area contributed by atoms with E-state index in [0.29, 0.717) is 17.9 Å². The first-order chi connectivity index (χ1) is 8.62. The van der Waals surface area contributed by atoms with Crippen LogP contribution in [0.2, 0.25) is 18.1 Å². The van der Waals surface area contributed by atoms with E-state index in [1.54, 1.807) is 0 Å². The Morgan fingerprint density at radius 3 is 2.47 bits per heavy atom. The van der Waals surface area contributed by atoms with Crippen LogP contribution in [0.3, 0.4) is 0 Å². The molecule has 2 aliphatic heterocycles. The van der Waals surface area contributed by atoms with Crippen molar-refractivity contribution in [1.29, 1.82) is 0 Å². The number of hydrogen-bond donors (Lipinski definition) is 0. The van der Waals surface area contributed by atoms with E-state index in [1.165, 1.54) is 6.42 Å². The lowest BCUT2D eigenvalue weighted by Gasteiger charge is -2.42. The van der Waals surface area contributed by atoms with Crippen molar-refractivity contribution in [3.63, 3.8) is 0 Å². The molecule has 0 spiro atoms. The molecule has 0 radical (unpaired) electrons. The molecule has 0 saturated carbocycles. The molecule has 2 fully saturated rings. The smallest absolute Gasteiger partial charge is 0.192 e. The minimum absolute atomic E-state index is 0.0953. The molecule has 2 bridgehead atoms. The van der Waals surface area contributed by atoms with Crippen LogP contribution in [0.25, 0.3) is 0 Å². The van der Waals surface area contributed by atoms with Crippen molar-refractivity contribution in [1.82, 2.24) is 0 Å². The standard InChI is InChI=1S/C16H30O2Si/c1-8-13-10-14-9-12(2)16(13,18-14)11-17-19(6,7)15(3,4)5/h8,12-14H,1,9-11H2,2-7H3/t12?,13?,14?,16-/m1/s1. The van der Waals surface area contributed by atoms with Crippen molar-refractivity contribution in [3.8, 4) is 0 Å². The van der Waals surface area contributed by atoms with Gasteiger partial charge in [0.2, 0.25) is 0 Å². The van der Waals surface area contributed by atoms with Crippen LogP contribution in [-0.4, -0.2) is 26.6 Å². The van der Waals surface area contributed by atoms with Crippen molar-refractivity contribution in [2.75, 3.05) is 6.61 Å². The molecular formula is C16H30O2Si. The predicted octanol–water partition coefficient (Wildman–Crippen LogP) is 4.38. The van der Waals surface area contributed by atoms with Gasteiger partial charge in [-0.15, -0.1) is 6.58 Å². The Hall–Kier alpha value is -0.123. The Morgan fingerprint density at radius 1 is 1.37 bits per heavy atom. The fourth-order valence-electron chi connectivity index (χ4n) is 3.24. The molecule has 0 aliphatic carbocycles. The second-order valence-electron chi connectivity index (χ2n) is 7.96. The third-order valence-corrected chi connectivity index (χ3v) is 10.2. The van der Waals surface area contributed by atoms with Gasteiger partial charge in [-0.2, -0.15) is 0 Å². The monoisotopic (exact) mass is 282 g/mol. The molecule has 2 heterocycles. The van der Waals surface area contributed by atoms with Crippen LogP contribution >= 0.6 is 0 Å². The summed E-state index contributed by atoms with van der Waals surface area (Å²) in [4.78, 5) is 0. The second kappa shape index (κ2) is 4.71. The van der Waals surface area contributed by atoms with Crippen LogP contribution < -0.4 is 0 Å². The second-order valence-corrected chi connectivity index (χ2v) is 12.8. The molecule has 0 aromatic heterocycles. The predicted molar refractivity (Wildman–Crippen MR) is 82.8 cm³/mol. The van der Waals surface area contributed by atoms with E-state index in [1.807, 2.05) is 0 Å². The summed E-state index contributed by atoms with van der Waals surface area (Å²) in [5.74, 6) is 1.05. The molecule has 0 N–H and O–H groups in total. The zero-order valence-electron chi connectivity index (χ0n) is 13.5. The van der Waals surface area contributed by atoms with Crippen LogP contribution in [0.15, 0.2) is 12.7 Å². The fourth-order valence-corrected chi connectivity index (χ4v) is 4.26. The summed E-state index contributed by atoms with van der Waals surface area (Å²) in [6, 6.07) is 0. The van der Waals surface area contributed by atoms with E-state index in [2.05, 4.69) is 53.4 Å². The minimum atomic E-state index is -1.70. The van der Waals surface area contributed by atoms with Gasteiger partial charge in [0.05, 0.1) is 18.3 Å². The first kappa shape index (κ1) is 15.3. The lowest BCUT2D eigenvalue weighted by Crippen LogP contribution is -2.50. The molecule has 3 unspecified atom stereocenters. The highest BCUT2D eigenvalue weighted by molar-refractivity contribution is 6.74. The minimum Gasteiger partial charge on any atom is -0.414 e. The Bertz CT molecular complexity index is 358. The molecule has 0 aromatic rings. The molecule has 2 saturated heterocycles. The maximum atomic E-state index is 6.47. The zero-order valence-corrected chi connectivity index (χ0v) is 14.5. The molecule has 4 atom stereocenters. The summed E-state index contributed by atoms with van der Waals surface area (Å²) in [5, 5.41) is 0.257. The first-order valence-electron chi connectivity index (χ1n) is 7.57. The topological polar surface area (TPSA) is 18.5 Å². The number of fused-ring (bicyclic) bond motifs is 2. The molecule has 0 aromatic carbocycles. The SMILES string of the molecule is C=CC1CC2CC(C)[C@@]1(CO[Si](C)(C)C(C)(C)C)O2. The van der Waals surface area contributed by atoms with E-state index < -0.39 is 8.32 Å². The highest BCUT2D eigenvalue weighted by Crippen LogP contribution is 2.52. The van der Waals surface area contributed by atoms with Gasteiger partial charge in [0.15, 0.2) is 8.32 Å². The zero-order chi connectivity index (χ0) is 14.5. The van der Waals surface area contributed by atoms with E-state index in [0.717, 1.165) is 13.0 Å². The summed E-state index contributed by atoms with van der Waals surface area (Å²) in [7, 11) is -1.70. The van der Waals surface area contributed by atoms with Gasteiger partial charge in [0, 0.05) is 5.92 Å². The van der Waals surface area contributed by atoms with E-state index in [4.69, 9.17) is 9.16 Å². The quantitative estimate of drug-likeness (QED) is 0.563. The molecule has 3 heteroatoms. The summed E-state index contributed by atoms with van der Waals surface area (Å²) in [6.45, 7) is 18.6. The van der Waals surface area contributed by atoms with Crippen molar-refractivity contribution < 1.29 is 9.16 Å². The highest BCUT2D eigenvalue weighted by Gasteiger charge is 2.57. The van der Waals surface area contributed by atoms with Crippen LogP contribution in [-0.2, 0) is 9.16 Å². The largest absolute Gasteiger partial charge is 0.414 e. The molecule has 0 amide bonds. The third-order valence-electron chi connectivity index (χ3n) is 5.73. The molecular weight excluding hydrogens is 252 g/mol. The van der Waals surface area contributed by atoms with Gasteiger partial charge in [-0.25, -0.2) is 0 Å². The van der Waals surface area contributed by atoms with Gasteiger partial charge >= 0.3 is 0 Å². The van der Waals surface area contributed by atoms with E-state index in [-0.39, 0.29) is 10.6 Å². The Labute approximate surface area is 119 Å². The van der Waals surface area contributed by atoms with Crippen molar-refractivity contribution >= 4 is 8.32 Å². The molecule has 2 rings (SSSR count). The Morgan fingerprint density at radius 2 is 2.00 bits per heavy atom. The van der Waals surface area contributed by atoms with Gasteiger partial charge in [0.25, 0.3) is 0 Å². The molecule has 2 aliphatic rings. The fraction of sp³-hybridized carbons (Fsp3) is 0.875. The molecule has 110 valence electrons. The van der Waals surface area contributed by atoms with Crippen LogP contribution in [0.5, 0.6) is 0 Å². The van der Waals surface area contributed by atoms with E-state index >= 15 is 0 Å². The maximum absolute atomic E-state index is 6.47. The summed E-state index contributed by atoms with van der Waals surface area (Å²) < 4.78 is 12.8. The summed E-state index contributed by atoms with van der Waals surface area (Å²) in [6.07, 6.45) is 4.84. The van der Waals surface area contributed by atoms with Gasteiger partial charge in [-0.3, -0.25) is 0 Å². The van der Waals surface area contributed by atoms with Crippen LogP contribution in [0, 0.1) is 11.8 Å². The van der Waals surface area contributed by atoms with E-state index in [9.17, 15) is 0 Å². The van der Waals surface area contributed by atoms with Gasteiger partial charge in [-0.05, 0) is 36.9 Å². The van der Waals surface area contributed by atoms with Crippen molar-refractivity contribution in [3.05, 3.63) is 12.7 Å². The number of rotatable bonds is 4. The molecule has 2 nitrogen and oxygen atoms in total. The van der Waals surface area contributed by atoms with Gasteiger partial charge in [0.1, 0.15) is 0 Å². The third kappa shape index (κ3) is 2.45. The summed E-state index contributed by atoms with van der Waals surface area (Å²) >= 11 is 0. The maximum Gasteiger partial charge on any atom is 0.192 e. The van der Waals surface area contributed by atoms with Crippen molar-refractivity contribution in [2.45, 2.75) is 70.4 Å². The normalized spacial score (nSPS) is 38.7. The van der Waals surface area contributed by atoms with Crippen molar-refractivity contribution in [2.24, 2.45) is 11.8 Å². The first-order valence-corrected chi connectivity index (χ1v) is 10.5. The number of ether oxygens (including phenoxy) is 1. The lowest BCUT2D eigenvalue weighted by atomic mass is 9.72. The lowest BCUT2D eigenvalue weighted by molar-refractivity contribution is -0.0564. The highest BCUT2D eigenvalue weighted by atomic mass is 28.4. The Kier molecular flexibility index (Phi) is 3.79. The van der Waals surface area contributed by atoms with Gasteiger partial charge in [-0.1, -0.05) is 33.8 Å². The average Bonchev–Trinajstić information content (AvgIpc) is 2.78. The Balaban J connectivity index is 2.11. The van der Waals surface area contributed by atoms with Crippen LogP contribution in [0.1, 0.15) is 40.5 Å². The van der Waals surface area contributed by atoms with Crippen LogP contribution in [0.4, 0.5) is 0 Å². The van der Waals surface area contributed by atoms with Gasteiger partial charge < -0.3 is 9.16 Å². The average molecular weight is 282 g/mol.